The summed E-state index contributed by atoms with van der Waals surface area (Å²) in [6.07, 6.45) is -5.70. The molecular weight excluding hydrogens is 617 g/mol. The van der Waals surface area contributed by atoms with Crippen LogP contribution in [0.25, 0.3) is 11.1 Å². The lowest BCUT2D eigenvalue weighted by atomic mass is 9.90. The minimum Gasteiger partial charge on any atom is -0.429 e. The molecular formula is C30H25F11O3. The smallest absolute Gasteiger partial charge is 0.429 e. The van der Waals surface area contributed by atoms with E-state index in [9.17, 15) is 39.5 Å². The van der Waals surface area contributed by atoms with Gasteiger partial charge in [-0.3, -0.25) is 0 Å². The van der Waals surface area contributed by atoms with Crippen molar-refractivity contribution in [2.24, 2.45) is 5.92 Å². The van der Waals surface area contributed by atoms with Gasteiger partial charge in [0.2, 0.25) is 5.75 Å². The van der Waals surface area contributed by atoms with Crippen molar-refractivity contribution in [3.05, 3.63) is 82.4 Å². The first kappa shape index (κ1) is 33.3. The zero-order valence-electron chi connectivity index (χ0n) is 23.0. The van der Waals surface area contributed by atoms with Crippen LogP contribution in [0.4, 0.5) is 48.3 Å². The van der Waals surface area contributed by atoms with E-state index in [1.807, 2.05) is 0 Å². The van der Waals surface area contributed by atoms with Crippen molar-refractivity contribution in [2.75, 3.05) is 6.61 Å². The molecule has 1 heterocycles. The standard InChI is InChI=1S/C30H25F11O3/c1-2-3-4-5-15-6-7-25(42-14-15)16-8-19(31)26(20(32)9-16)17-10-21(33)27(22(34)11-17)29(37,38)43-18-12-23(35)28(24(36)13-18)44-30(39,40)41/h8-13,15,25H,2-7,14H2,1H3. The monoisotopic (exact) mass is 642 g/mol. The molecule has 0 N–H and O–H groups in total. The van der Waals surface area contributed by atoms with Gasteiger partial charge in [-0.05, 0) is 60.6 Å². The Bertz CT molecular complexity index is 1410. The van der Waals surface area contributed by atoms with Gasteiger partial charge < -0.3 is 14.2 Å². The lowest BCUT2D eigenvalue weighted by Crippen LogP contribution is -2.25. The Hall–Kier alpha value is -3.55. The van der Waals surface area contributed by atoms with E-state index in [4.69, 9.17) is 4.74 Å². The van der Waals surface area contributed by atoms with Gasteiger partial charge in [-0.1, -0.05) is 26.2 Å². The highest BCUT2D eigenvalue weighted by Crippen LogP contribution is 2.41. The number of hydrogen-bond acceptors (Lipinski definition) is 3. The first-order valence-corrected chi connectivity index (χ1v) is 13.5. The predicted octanol–water partition coefficient (Wildman–Crippen LogP) is 10.3. The molecule has 3 aromatic rings. The van der Waals surface area contributed by atoms with Crippen LogP contribution < -0.4 is 9.47 Å². The topological polar surface area (TPSA) is 27.7 Å². The number of halogens is 11. The molecule has 44 heavy (non-hydrogen) atoms. The van der Waals surface area contributed by atoms with E-state index in [1.165, 1.54) is 0 Å². The molecule has 0 spiro atoms. The third-order valence-electron chi connectivity index (χ3n) is 7.08. The van der Waals surface area contributed by atoms with Crippen LogP contribution in [0, 0.1) is 40.8 Å². The molecule has 1 aliphatic heterocycles. The number of hydrogen-bond donors (Lipinski definition) is 0. The molecule has 0 aliphatic carbocycles. The van der Waals surface area contributed by atoms with Crippen LogP contribution in [-0.4, -0.2) is 13.0 Å². The lowest BCUT2D eigenvalue weighted by Gasteiger charge is -2.29. The Morgan fingerprint density at radius 3 is 1.82 bits per heavy atom. The van der Waals surface area contributed by atoms with Gasteiger partial charge in [0.15, 0.2) is 11.6 Å². The molecule has 2 unspecified atom stereocenters. The van der Waals surface area contributed by atoms with Gasteiger partial charge in [0.1, 0.15) is 34.6 Å². The molecule has 3 nitrogen and oxygen atoms in total. The fourth-order valence-corrected chi connectivity index (χ4v) is 5.04. The third-order valence-corrected chi connectivity index (χ3v) is 7.08. The molecule has 0 saturated carbocycles. The zero-order chi connectivity index (χ0) is 32.4. The van der Waals surface area contributed by atoms with Gasteiger partial charge in [-0.15, -0.1) is 13.2 Å². The minimum absolute atomic E-state index is 0.128. The van der Waals surface area contributed by atoms with Gasteiger partial charge in [0.25, 0.3) is 0 Å². The predicted molar refractivity (Wildman–Crippen MR) is 135 cm³/mol. The molecule has 1 aliphatic rings. The summed E-state index contributed by atoms with van der Waals surface area (Å²) in [4.78, 5) is 0. The highest BCUT2D eigenvalue weighted by atomic mass is 19.4. The van der Waals surface area contributed by atoms with Crippen molar-refractivity contribution in [1.29, 1.82) is 0 Å². The van der Waals surface area contributed by atoms with Crippen LogP contribution in [0.5, 0.6) is 11.5 Å². The second kappa shape index (κ2) is 13.2. The average Bonchev–Trinajstić information content (AvgIpc) is 2.89. The molecule has 0 radical (unpaired) electrons. The Morgan fingerprint density at radius 1 is 0.727 bits per heavy atom. The van der Waals surface area contributed by atoms with Crippen LogP contribution in [0.2, 0.25) is 0 Å². The molecule has 0 bridgehead atoms. The van der Waals surface area contributed by atoms with Crippen LogP contribution in [0.3, 0.4) is 0 Å². The fraction of sp³-hybridized carbons (Fsp3) is 0.400. The van der Waals surface area contributed by atoms with E-state index in [0.717, 1.165) is 44.2 Å². The Kier molecular flexibility index (Phi) is 10.0. The lowest BCUT2D eigenvalue weighted by molar-refractivity contribution is -0.276. The van der Waals surface area contributed by atoms with Crippen molar-refractivity contribution < 1.29 is 62.5 Å². The molecule has 2 atom stereocenters. The molecule has 1 fully saturated rings. The Morgan fingerprint density at radius 2 is 1.32 bits per heavy atom. The maximum atomic E-state index is 15.1. The van der Waals surface area contributed by atoms with E-state index in [2.05, 4.69) is 16.4 Å². The van der Waals surface area contributed by atoms with E-state index in [0.29, 0.717) is 18.9 Å². The second-order valence-electron chi connectivity index (χ2n) is 10.3. The van der Waals surface area contributed by atoms with Gasteiger partial charge >= 0.3 is 12.5 Å². The maximum absolute atomic E-state index is 15.1. The summed E-state index contributed by atoms with van der Waals surface area (Å²) in [6, 6.07) is 2.01. The summed E-state index contributed by atoms with van der Waals surface area (Å²) in [5.74, 6) is -13.9. The highest BCUT2D eigenvalue weighted by Gasteiger charge is 2.42. The minimum atomic E-state index is -5.53. The van der Waals surface area contributed by atoms with Gasteiger partial charge in [0.05, 0.1) is 18.3 Å². The van der Waals surface area contributed by atoms with E-state index in [-0.39, 0.29) is 29.8 Å². The van der Waals surface area contributed by atoms with Crippen molar-refractivity contribution >= 4 is 0 Å². The Balaban J connectivity index is 1.55. The molecule has 240 valence electrons. The largest absolute Gasteiger partial charge is 0.573 e. The van der Waals surface area contributed by atoms with Crippen molar-refractivity contribution in [2.45, 2.75) is 64.0 Å². The van der Waals surface area contributed by atoms with Crippen molar-refractivity contribution in [3.8, 4) is 22.6 Å². The van der Waals surface area contributed by atoms with Crippen LogP contribution in [0.15, 0.2) is 36.4 Å². The molecule has 0 aromatic heterocycles. The van der Waals surface area contributed by atoms with Crippen LogP contribution in [0.1, 0.15) is 62.7 Å². The summed E-state index contributed by atoms with van der Waals surface area (Å²) in [6.45, 7) is 2.48. The number of benzene rings is 3. The number of unbranched alkanes of at least 4 members (excludes halogenated alkanes) is 2. The maximum Gasteiger partial charge on any atom is 0.573 e. The van der Waals surface area contributed by atoms with Crippen molar-refractivity contribution in [3.63, 3.8) is 0 Å². The normalized spacial score (nSPS) is 17.5. The SMILES string of the molecule is CCCCCC1CCC(c2cc(F)c(-c3cc(F)c(C(F)(F)Oc4cc(F)c(OC(F)(F)F)c(F)c4)c(F)c3)c(F)c2)OC1. The van der Waals surface area contributed by atoms with Crippen LogP contribution in [-0.2, 0) is 10.8 Å². The van der Waals surface area contributed by atoms with E-state index < -0.39 is 81.7 Å². The Labute approximate surface area is 244 Å². The molecule has 1 saturated heterocycles. The average molecular weight is 643 g/mol. The number of rotatable bonds is 10. The molecule has 3 aromatic carbocycles. The number of alkyl halides is 5. The summed E-state index contributed by atoms with van der Waals surface area (Å²) in [5, 5.41) is 0. The molecule has 14 heteroatoms. The summed E-state index contributed by atoms with van der Waals surface area (Å²) in [7, 11) is 0. The van der Waals surface area contributed by atoms with E-state index in [1.54, 1.807) is 0 Å². The van der Waals surface area contributed by atoms with Gasteiger partial charge in [-0.2, -0.15) is 8.78 Å². The highest BCUT2D eigenvalue weighted by molar-refractivity contribution is 5.66. The molecule has 4 rings (SSSR count). The van der Waals surface area contributed by atoms with Gasteiger partial charge in [-0.25, -0.2) is 26.3 Å². The van der Waals surface area contributed by atoms with Crippen molar-refractivity contribution in [1.82, 2.24) is 0 Å². The second-order valence-corrected chi connectivity index (χ2v) is 10.3. The fourth-order valence-electron chi connectivity index (χ4n) is 5.04. The summed E-state index contributed by atoms with van der Waals surface area (Å²) < 4.78 is 167. The first-order chi connectivity index (χ1) is 20.6. The van der Waals surface area contributed by atoms with Crippen LogP contribution >= 0.6 is 0 Å². The van der Waals surface area contributed by atoms with E-state index >= 15 is 8.78 Å². The summed E-state index contributed by atoms with van der Waals surface area (Å²) >= 11 is 0. The first-order valence-electron chi connectivity index (χ1n) is 13.5. The summed E-state index contributed by atoms with van der Waals surface area (Å²) in [5.41, 5.74) is -3.65. The van der Waals surface area contributed by atoms with Gasteiger partial charge in [0, 0.05) is 12.1 Å². The number of ether oxygens (including phenoxy) is 3. The quantitative estimate of drug-likeness (QED) is 0.163. The third kappa shape index (κ3) is 7.74. The zero-order valence-corrected chi connectivity index (χ0v) is 23.0. The molecule has 0 amide bonds.